The Bertz CT molecular complexity index is 963. The lowest BCUT2D eigenvalue weighted by atomic mass is 9.75. The number of nitrogens with zero attached hydrogens (tertiary/aromatic N) is 3. The van der Waals surface area contributed by atoms with E-state index in [0.717, 1.165) is 49.4 Å². The monoisotopic (exact) mass is 497 g/mol. The van der Waals surface area contributed by atoms with Gasteiger partial charge >= 0.3 is 0 Å². The average molecular weight is 498 g/mol. The molecule has 4 atom stereocenters. The van der Waals surface area contributed by atoms with E-state index in [0.29, 0.717) is 12.6 Å². The van der Waals surface area contributed by atoms with Gasteiger partial charge in [0.1, 0.15) is 0 Å². The summed E-state index contributed by atoms with van der Waals surface area (Å²) in [4.78, 5) is 31.0. The molecule has 4 unspecified atom stereocenters. The van der Waals surface area contributed by atoms with Gasteiger partial charge in [-0.15, -0.1) is 0 Å². The molecule has 2 heterocycles. The molecule has 1 aromatic carbocycles. The average Bonchev–Trinajstić information content (AvgIpc) is 3.29. The van der Waals surface area contributed by atoms with Crippen LogP contribution in [-0.4, -0.2) is 51.7 Å². The van der Waals surface area contributed by atoms with Crippen LogP contribution >= 0.6 is 11.8 Å². The van der Waals surface area contributed by atoms with Gasteiger partial charge < -0.3 is 15.1 Å². The topological polar surface area (TPSA) is 77.0 Å². The van der Waals surface area contributed by atoms with Crippen molar-refractivity contribution in [2.24, 2.45) is 16.9 Å². The zero-order chi connectivity index (χ0) is 24.4. The molecule has 8 heteroatoms. The zero-order valence-corrected chi connectivity index (χ0v) is 21.9. The maximum Gasteiger partial charge on any atom is 0.230 e. The van der Waals surface area contributed by atoms with Crippen LogP contribution in [0.2, 0.25) is 0 Å². The highest BCUT2D eigenvalue weighted by atomic mass is 32.2. The fourth-order valence-electron chi connectivity index (χ4n) is 6.29. The van der Waals surface area contributed by atoms with Gasteiger partial charge in [-0.1, -0.05) is 67.8 Å². The zero-order valence-electron chi connectivity index (χ0n) is 21.0. The van der Waals surface area contributed by atoms with Crippen LogP contribution in [0.1, 0.15) is 75.8 Å². The fraction of sp³-hybridized carbons (Fsp3) is 0.667. The minimum atomic E-state index is -0.246. The Kier molecular flexibility index (Phi) is 7.56. The number of amides is 2. The molecular weight excluding hydrogens is 458 g/mol. The number of thioether (sulfide) groups is 1. The molecule has 2 aliphatic carbocycles. The minimum absolute atomic E-state index is 0.00946. The lowest BCUT2D eigenvalue weighted by molar-refractivity contribution is -0.157. The molecule has 1 saturated heterocycles. The molecule has 2 saturated carbocycles. The predicted molar refractivity (Wildman–Crippen MR) is 140 cm³/mol. The van der Waals surface area contributed by atoms with E-state index < -0.39 is 0 Å². The Labute approximate surface area is 213 Å². The first-order valence-electron chi connectivity index (χ1n) is 13.5. The van der Waals surface area contributed by atoms with Gasteiger partial charge in [0.2, 0.25) is 11.8 Å². The first-order valence-corrected chi connectivity index (χ1v) is 14.4. The van der Waals surface area contributed by atoms with E-state index in [4.69, 9.17) is 5.10 Å². The Balaban J connectivity index is 1.32. The number of carbonyl (C=O) groups is 2. The van der Waals surface area contributed by atoms with Gasteiger partial charge in [0.15, 0.2) is 11.5 Å². The highest BCUT2D eigenvalue weighted by molar-refractivity contribution is 8.13. The minimum Gasteiger partial charge on any atom is -0.353 e. The lowest BCUT2D eigenvalue weighted by Gasteiger charge is -2.51. The van der Waals surface area contributed by atoms with Crippen LogP contribution in [0.3, 0.4) is 0 Å². The number of benzene rings is 1. The number of hydrogen-bond acceptors (Lipinski definition) is 6. The molecule has 2 aliphatic heterocycles. The Hall–Kier alpha value is -2.22. The number of amidine groups is 1. The Morgan fingerprint density at radius 3 is 2.80 bits per heavy atom. The summed E-state index contributed by atoms with van der Waals surface area (Å²) in [6, 6.07) is 8.91. The van der Waals surface area contributed by atoms with Crippen LogP contribution in [0.25, 0.3) is 0 Å². The summed E-state index contributed by atoms with van der Waals surface area (Å²) in [5.74, 6) is 1.13. The largest absolute Gasteiger partial charge is 0.353 e. The second-order valence-electron chi connectivity index (χ2n) is 10.6. The smallest absolute Gasteiger partial charge is 0.230 e. The van der Waals surface area contributed by atoms with E-state index >= 15 is 0 Å². The molecule has 0 bridgehead atoms. The summed E-state index contributed by atoms with van der Waals surface area (Å²) < 4.78 is 0. The van der Waals surface area contributed by atoms with Gasteiger partial charge in [-0.25, -0.2) is 0 Å². The summed E-state index contributed by atoms with van der Waals surface area (Å²) in [5.41, 5.74) is 5.78. The number of carbonyl (C=O) groups excluding carboxylic acids is 2. The SMILES string of the molecule is CCCN1C(=O)C2CCC(C(=O)NC3CCCCC3)CC2N2C(SCc3cccc(C)c3)=NNC12. The van der Waals surface area contributed by atoms with Gasteiger partial charge in [-0.2, -0.15) is 5.10 Å². The van der Waals surface area contributed by atoms with Gasteiger partial charge in [0, 0.05) is 30.3 Å². The molecule has 190 valence electrons. The molecule has 0 aromatic heterocycles. The van der Waals surface area contributed by atoms with Gasteiger partial charge in [-0.05, 0) is 51.0 Å². The lowest BCUT2D eigenvalue weighted by Crippen LogP contribution is -2.68. The third-order valence-corrected chi connectivity index (χ3v) is 9.10. The van der Waals surface area contributed by atoms with Crippen molar-refractivity contribution in [1.82, 2.24) is 20.5 Å². The van der Waals surface area contributed by atoms with Crippen molar-refractivity contribution in [3.8, 4) is 0 Å². The molecule has 4 aliphatic rings. The predicted octanol–water partition coefficient (Wildman–Crippen LogP) is 4.17. The molecule has 0 radical (unpaired) electrons. The second kappa shape index (κ2) is 10.8. The molecule has 0 spiro atoms. The quantitative estimate of drug-likeness (QED) is 0.617. The summed E-state index contributed by atoms with van der Waals surface area (Å²) in [5, 5.41) is 8.98. The molecule has 1 aromatic rings. The number of nitrogens with one attached hydrogen (secondary N) is 2. The molecule has 35 heavy (non-hydrogen) atoms. The van der Waals surface area contributed by atoms with Crippen molar-refractivity contribution in [2.45, 2.75) is 95.8 Å². The van der Waals surface area contributed by atoms with Crippen molar-refractivity contribution in [3.05, 3.63) is 35.4 Å². The first-order chi connectivity index (χ1) is 17.0. The maximum absolute atomic E-state index is 13.5. The van der Waals surface area contributed by atoms with Crippen LogP contribution in [0.15, 0.2) is 29.4 Å². The van der Waals surface area contributed by atoms with E-state index in [1.165, 1.54) is 30.4 Å². The van der Waals surface area contributed by atoms with Crippen LogP contribution in [-0.2, 0) is 15.3 Å². The van der Waals surface area contributed by atoms with Crippen molar-refractivity contribution in [2.75, 3.05) is 6.54 Å². The molecule has 5 rings (SSSR count). The van der Waals surface area contributed by atoms with E-state index in [2.05, 4.69) is 53.8 Å². The van der Waals surface area contributed by atoms with Crippen molar-refractivity contribution >= 4 is 28.7 Å². The van der Waals surface area contributed by atoms with Crippen LogP contribution < -0.4 is 10.7 Å². The van der Waals surface area contributed by atoms with Gasteiger partial charge in [-0.3, -0.25) is 15.0 Å². The molecule has 2 amide bonds. The van der Waals surface area contributed by atoms with Gasteiger partial charge in [0.05, 0.1) is 5.92 Å². The third kappa shape index (κ3) is 5.18. The van der Waals surface area contributed by atoms with Crippen molar-refractivity contribution < 1.29 is 9.59 Å². The number of fused-ring (bicyclic) bond motifs is 3. The molecule has 2 N–H and O–H groups in total. The van der Waals surface area contributed by atoms with Crippen molar-refractivity contribution in [1.29, 1.82) is 0 Å². The number of aryl methyl sites for hydroxylation is 1. The van der Waals surface area contributed by atoms with Crippen molar-refractivity contribution in [3.63, 3.8) is 0 Å². The first kappa shape index (κ1) is 24.5. The Morgan fingerprint density at radius 2 is 2.03 bits per heavy atom. The maximum atomic E-state index is 13.5. The second-order valence-corrected chi connectivity index (χ2v) is 11.6. The molecule has 7 nitrogen and oxygen atoms in total. The summed E-state index contributed by atoms with van der Waals surface area (Å²) in [6.45, 7) is 4.94. The van der Waals surface area contributed by atoms with E-state index in [9.17, 15) is 9.59 Å². The van der Waals surface area contributed by atoms with Crippen LogP contribution in [0.4, 0.5) is 0 Å². The molecule has 3 fully saturated rings. The highest BCUT2D eigenvalue weighted by Crippen LogP contribution is 2.41. The van der Waals surface area contributed by atoms with E-state index in [1.54, 1.807) is 11.8 Å². The van der Waals surface area contributed by atoms with Crippen LogP contribution in [0, 0.1) is 18.8 Å². The summed E-state index contributed by atoms with van der Waals surface area (Å²) >= 11 is 1.72. The standard InChI is InChI=1S/C27H39N5O2S/c1-3-14-31-25(34)22-13-12-20(24(33)28-21-10-5-4-6-11-21)16-23(22)32-26(31)29-30-27(32)35-17-19-9-7-8-18(2)15-19/h7-9,15,20-23,26,29H,3-6,10-14,16-17H2,1-2H3,(H,28,33). The Morgan fingerprint density at radius 1 is 1.20 bits per heavy atom. The van der Waals surface area contributed by atoms with E-state index in [-0.39, 0.29) is 36.0 Å². The van der Waals surface area contributed by atoms with Crippen LogP contribution in [0.5, 0.6) is 0 Å². The summed E-state index contributed by atoms with van der Waals surface area (Å²) in [7, 11) is 0. The number of hydrogen-bond donors (Lipinski definition) is 2. The molecular formula is C27H39N5O2S. The van der Waals surface area contributed by atoms with E-state index in [1.807, 2.05) is 4.90 Å². The summed E-state index contributed by atoms with van der Waals surface area (Å²) in [6.07, 6.45) is 8.84. The number of rotatable bonds is 6. The fourth-order valence-corrected chi connectivity index (χ4v) is 7.27. The van der Waals surface area contributed by atoms with Gasteiger partial charge in [0.25, 0.3) is 0 Å². The normalized spacial score (nSPS) is 28.7. The third-order valence-electron chi connectivity index (χ3n) is 8.07. The highest BCUT2D eigenvalue weighted by Gasteiger charge is 2.52. The number of hydrazone groups is 1.